The highest BCUT2D eigenvalue weighted by Crippen LogP contribution is 2.44. The molecular weight excluding hydrogens is 823 g/mol. The van der Waals surface area contributed by atoms with Crippen molar-refractivity contribution in [2.75, 3.05) is 0 Å². The monoisotopic (exact) mass is 852 g/mol. The predicted molar refractivity (Wildman–Crippen MR) is 238 cm³/mol. The van der Waals surface area contributed by atoms with Crippen molar-refractivity contribution in [3.05, 3.63) is 193 Å². The van der Waals surface area contributed by atoms with Crippen LogP contribution in [0.2, 0.25) is 0 Å². The lowest BCUT2D eigenvalue weighted by molar-refractivity contribution is -0.138. The quantitative estimate of drug-likeness (QED) is 0.156. The van der Waals surface area contributed by atoms with Crippen LogP contribution >= 0.6 is 0 Å². The first-order valence-corrected chi connectivity index (χ1v) is 20.2. The maximum absolute atomic E-state index is 14.3. The van der Waals surface area contributed by atoms with E-state index in [0.717, 1.165) is 23.3 Å². The molecule has 0 spiro atoms. The molecule has 0 fully saturated rings. The highest BCUT2D eigenvalue weighted by Gasteiger charge is 2.33. The van der Waals surface area contributed by atoms with Crippen LogP contribution in [0.4, 0.5) is 26.3 Å². The van der Waals surface area contributed by atoms with Crippen LogP contribution in [0.25, 0.3) is 100 Å². The second-order valence-electron chi connectivity index (χ2n) is 15.3. The van der Waals surface area contributed by atoms with Gasteiger partial charge in [-0.3, -0.25) is 4.98 Å². The topological polar surface area (TPSA) is 61.4 Å². The molecule has 4 aromatic heterocycles. The zero-order valence-corrected chi connectivity index (χ0v) is 33.3. The van der Waals surface area contributed by atoms with E-state index < -0.39 is 23.5 Å². The number of halogens is 6. The van der Waals surface area contributed by atoms with Gasteiger partial charge in [0.25, 0.3) is 0 Å². The summed E-state index contributed by atoms with van der Waals surface area (Å²) in [6, 6.07) is 48.6. The minimum Gasteiger partial charge on any atom is -0.309 e. The molecule has 0 radical (unpaired) electrons. The number of hydrogen-bond donors (Lipinski definition) is 0. The van der Waals surface area contributed by atoms with E-state index in [1.807, 2.05) is 118 Å². The molecule has 0 unspecified atom stereocenters. The van der Waals surface area contributed by atoms with Crippen LogP contribution in [0.3, 0.4) is 0 Å². The van der Waals surface area contributed by atoms with Crippen LogP contribution in [-0.2, 0) is 12.4 Å². The Morgan fingerprint density at radius 3 is 1.33 bits per heavy atom. The van der Waals surface area contributed by atoms with Gasteiger partial charge in [0.15, 0.2) is 17.5 Å². The summed E-state index contributed by atoms with van der Waals surface area (Å²) in [5.41, 5.74) is 5.40. The van der Waals surface area contributed by atoms with E-state index in [9.17, 15) is 26.3 Å². The van der Waals surface area contributed by atoms with Gasteiger partial charge in [-0.1, -0.05) is 109 Å². The van der Waals surface area contributed by atoms with Crippen LogP contribution in [-0.4, -0.2) is 29.1 Å². The standard InChI is InChI=1S/C52H30F6N6/c53-51(54,55)34-20-23-44-39(28-34)36-15-7-9-17-42(36)63(44)46-25-26-59-30-41(46)38-22-19-33(50-61-48(31-11-3-1-4-12-31)60-49(62-50)32-13-5-2-6-14-32)27-47(38)64-43-18-10-8-16-37(43)40-29-35(52(56,57)58)21-24-45(40)64/h1-30H. The number of benzene rings is 7. The van der Waals surface area contributed by atoms with E-state index in [0.29, 0.717) is 89.2 Å². The average molecular weight is 853 g/mol. The van der Waals surface area contributed by atoms with E-state index in [1.54, 1.807) is 36.7 Å². The van der Waals surface area contributed by atoms with Crippen molar-refractivity contribution in [2.24, 2.45) is 0 Å². The SMILES string of the molecule is FC(F)(F)c1ccc2c(c1)c1ccccc1n2-c1ccncc1-c1ccc(-c2nc(-c3ccccc3)nc(-c3ccccc3)n2)cc1-n1c2ccccc2c2cc(C(F)(F)F)ccc21. The van der Waals surface area contributed by atoms with Crippen molar-refractivity contribution < 1.29 is 26.3 Å². The average Bonchev–Trinajstić information content (AvgIpc) is 3.83. The Morgan fingerprint density at radius 1 is 0.359 bits per heavy atom. The fourth-order valence-corrected chi connectivity index (χ4v) is 8.63. The number of rotatable bonds is 6. The molecule has 0 N–H and O–H groups in total. The summed E-state index contributed by atoms with van der Waals surface area (Å²) < 4.78 is 89.0. The fraction of sp³-hybridized carbons (Fsp3) is 0.0385. The number of para-hydroxylation sites is 2. The number of fused-ring (bicyclic) bond motifs is 6. The summed E-state index contributed by atoms with van der Waals surface area (Å²) in [4.78, 5) is 19.4. The Labute approximate surface area is 360 Å². The predicted octanol–water partition coefficient (Wildman–Crippen LogP) is 14.2. The van der Waals surface area contributed by atoms with Gasteiger partial charge in [-0.2, -0.15) is 26.3 Å². The Balaban J connectivity index is 1.21. The molecule has 12 heteroatoms. The highest BCUT2D eigenvalue weighted by molar-refractivity contribution is 6.12. The lowest BCUT2D eigenvalue weighted by Gasteiger charge is -2.19. The summed E-state index contributed by atoms with van der Waals surface area (Å²) in [5, 5.41) is 2.05. The molecule has 6 nitrogen and oxygen atoms in total. The molecule has 64 heavy (non-hydrogen) atoms. The van der Waals surface area contributed by atoms with Crippen LogP contribution in [0.15, 0.2) is 182 Å². The smallest absolute Gasteiger partial charge is 0.309 e. The molecule has 0 aliphatic carbocycles. The lowest BCUT2D eigenvalue weighted by Crippen LogP contribution is -2.05. The Morgan fingerprint density at radius 2 is 0.812 bits per heavy atom. The number of pyridine rings is 1. The minimum atomic E-state index is -4.58. The van der Waals surface area contributed by atoms with Crippen LogP contribution in [0.1, 0.15) is 11.1 Å². The maximum atomic E-state index is 14.3. The Bertz CT molecular complexity index is 3540. The van der Waals surface area contributed by atoms with Gasteiger partial charge in [0, 0.05) is 61.8 Å². The number of aromatic nitrogens is 6. The summed E-state index contributed by atoms with van der Waals surface area (Å²) in [7, 11) is 0. The van der Waals surface area contributed by atoms with Crippen molar-refractivity contribution in [1.82, 2.24) is 29.1 Å². The number of hydrogen-bond acceptors (Lipinski definition) is 4. The summed E-state index contributed by atoms with van der Waals surface area (Å²) in [5.74, 6) is 1.25. The van der Waals surface area contributed by atoms with Crippen molar-refractivity contribution in [3.8, 4) is 56.7 Å². The molecule has 4 heterocycles. The Hall–Kier alpha value is -8.12. The largest absolute Gasteiger partial charge is 0.416 e. The second kappa shape index (κ2) is 14.8. The molecule has 0 aliphatic heterocycles. The van der Waals surface area contributed by atoms with Gasteiger partial charge in [0.2, 0.25) is 0 Å². The van der Waals surface area contributed by atoms with E-state index in [1.165, 1.54) is 24.3 Å². The first-order valence-electron chi connectivity index (χ1n) is 20.2. The molecular formula is C52H30F6N6. The summed E-state index contributed by atoms with van der Waals surface area (Å²) in [6.07, 6.45) is -5.82. The number of nitrogens with zero attached hydrogens (tertiary/aromatic N) is 6. The fourth-order valence-electron chi connectivity index (χ4n) is 8.63. The summed E-state index contributed by atoms with van der Waals surface area (Å²) >= 11 is 0. The Kier molecular flexibility index (Phi) is 8.95. The van der Waals surface area contributed by atoms with Gasteiger partial charge in [-0.25, -0.2) is 15.0 Å². The zero-order valence-electron chi connectivity index (χ0n) is 33.3. The zero-order chi connectivity index (χ0) is 43.7. The van der Waals surface area contributed by atoms with Gasteiger partial charge >= 0.3 is 12.4 Å². The third kappa shape index (κ3) is 6.53. The molecule has 0 aliphatic rings. The van der Waals surface area contributed by atoms with E-state index in [-0.39, 0.29) is 0 Å². The first-order chi connectivity index (χ1) is 31.0. The molecule has 7 aromatic carbocycles. The highest BCUT2D eigenvalue weighted by atomic mass is 19.4. The van der Waals surface area contributed by atoms with Crippen molar-refractivity contribution in [1.29, 1.82) is 0 Å². The molecule has 0 amide bonds. The van der Waals surface area contributed by atoms with E-state index in [4.69, 9.17) is 15.0 Å². The molecule has 0 saturated carbocycles. The van der Waals surface area contributed by atoms with Gasteiger partial charge in [-0.15, -0.1) is 0 Å². The van der Waals surface area contributed by atoms with Crippen LogP contribution < -0.4 is 0 Å². The second-order valence-corrected chi connectivity index (χ2v) is 15.3. The van der Waals surface area contributed by atoms with E-state index in [2.05, 4.69) is 4.98 Å². The number of alkyl halides is 6. The van der Waals surface area contributed by atoms with Gasteiger partial charge in [0.05, 0.1) is 44.6 Å². The van der Waals surface area contributed by atoms with Gasteiger partial charge in [0.1, 0.15) is 0 Å². The molecule has 0 bridgehead atoms. The summed E-state index contributed by atoms with van der Waals surface area (Å²) in [6.45, 7) is 0. The van der Waals surface area contributed by atoms with Crippen molar-refractivity contribution in [2.45, 2.75) is 12.4 Å². The lowest BCUT2D eigenvalue weighted by atomic mass is 10.00. The molecule has 11 aromatic rings. The first kappa shape index (κ1) is 38.8. The molecule has 11 rings (SSSR count). The van der Waals surface area contributed by atoms with Crippen molar-refractivity contribution in [3.63, 3.8) is 0 Å². The van der Waals surface area contributed by atoms with E-state index >= 15 is 0 Å². The third-order valence-corrected chi connectivity index (χ3v) is 11.5. The molecule has 310 valence electrons. The van der Waals surface area contributed by atoms with Crippen LogP contribution in [0.5, 0.6) is 0 Å². The normalized spacial score (nSPS) is 12.2. The molecule has 0 saturated heterocycles. The third-order valence-electron chi connectivity index (χ3n) is 11.5. The van der Waals surface area contributed by atoms with Crippen molar-refractivity contribution >= 4 is 43.6 Å². The van der Waals surface area contributed by atoms with Gasteiger partial charge in [-0.05, 0) is 60.7 Å². The minimum absolute atomic E-state index is 0.356. The van der Waals surface area contributed by atoms with Crippen LogP contribution in [0, 0.1) is 0 Å². The maximum Gasteiger partial charge on any atom is 0.416 e. The van der Waals surface area contributed by atoms with Gasteiger partial charge < -0.3 is 9.13 Å². The molecule has 0 atom stereocenters.